The van der Waals surface area contributed by atoms with Crippen molar-refractivity contribution in [1.29, 1.82) is 0 Å². The van der Waals surface area contributed by atoms with Crippen LogP contribution in [-0.2, 0) is 4.74 Å². The Kier molecular flexibility index (Phi) is 5.49. The molecule has 0 radical (unpaired) electrons. The Morgan fingerprint density at radius 3 is 2.50 bits per heavy atom. The van der Waals surface area contributed by atoms with Gasteiger partial charge in [-0.2, -0.15) is 0 Å². The molecular weight excluding hydrogens is 174 g/mol. The van der Waals surface area contributed by atoms with E-state index >= 15 is 0 Å². The fourth-order valence-electron chi connectivity index (χ4n) is 2.38. The smallest absolute Gasteiger partial charge is 0.0590 e. The van der Waals surface area contributed by atoms with Crippen LogP contribution in [0.2, 0.25) is 0 Å². The maximum absolute atomic E-state index is 6.19. The van der Waals surface area contributed by atoms with Gasteiger partial charge in [-0.05, 0) is 31.6 Å². The molecule has 2 atom stereocenters. The van der Waals surface area contributed by atoms with Crippen molar-refractivity contribution in [1.82, 2.24) is 0 Å². The van der Waals surface area contributed by atoms with E-state index < -0.39 is 0 Å². The lowest BCUT2D eigenvalue weighted by Gasteiger charge is -2.28. The van der Waals surface area contributed by atoms with Gasteiger partial charge < -0.3 is 10.5 Å². The molecule has 1 fully saturated rings. The van der Waals surface area contributed by atoms with Crippen LogP contribution >= 0.6 is 0 Å². The molecule has 2 nitrogen and oxygen atoms in total. The van der Waals surface area contributed by atoms with Gasteiger partial charge in [-0.25, -0.2) is 0 Å². The first-order chi connectivity index (χ1) is 6.77. The van der Waals surface area contributed by atoms with Crippen LogP contribution < -0.4 is 5.73 Å². The maximum Gasteiger partial charge on any atom is 0.0590 e. The van der Waals surface area contributed by atoms with Crippen LogP contribution in [0.15, 0.2) is 0 Å². The first kappa shape index (κ1) is 12.0. The first-order valence-corrected chi connectivity index (χ1v) is 6.15. The van der Waals surface area contributed by atoms with E-state index in [1.165, 1.54) is 32.1 Å². The third-order valence-electron chi connectivity index (χ3n) is 3.46. The number of hydrogen-bond donors (Lipinski definition) is 1. The minimum absolute atomic E-state index is 0.341. The molecule has 14 heavy (non-hydrogen) atoms. The summed E-state index contributed by atoms with van der Waals surface area (Å²) in [4.78, 5) is 0. The number of hydrogen-bond acceptors (Lipinski definition) is 2. The molecule has 0 aromatic rings. The molecule has 0 saturated carbocycles. The summed E-state index contributed by atoms with van der Waals surface area (Å²) in [7, 11) is 0. The molecule has 0 aromatic carbocycles. The highest BCUT2D eigenvalue weighted by Crippen LogP contribution is 2.21. The van der Waals surface area contributed by atoms with Crippen LogP contribution in [0.5, 0.6) is 0 Å². The Hall–Kier alpha value is -0.0800. The van der Waals surface area contributed by atoms with Crippen molar-refractivity contribution in [2.45, 2.75) is 64.5 Å². The molecule has 1 rings (SSSR count). The molecule has 1 aliphatic heterocycles. The maximum atomic E-state index is 6.19. The van der Waals surface area contributed by atoms with Crippen LogP contribution in [0.25, 0.3) is 0 Å². The molecule has 2 N–H and O–H groups in total. The van der Waals surface area contributed by atoms with E-state index in [0.717, 1.165) is 13.0 Å². The summed E-state index contributed by atoms with van der Waals surface area (Å²) in [5.74, 6) is 0.681. The zero-order chi connectivity index (χ0) is 10.4. The third kappa shape index (κ3) is 3.58. The summed E-state index contributed by atoms with van der Waals surface area (Å²) >= 11 is 0. The van der Waals surface area contributed by atoms with Gasteiger partial charge in [-0.3, -0.25) is 0 Å². The fourth-order valence-corrected chi connectivity index (χ4v) is 2.38. The van der Waals surface area contributed by atoms with Crippen molar-refractivity contribution in [3.63, 3.8) is 0 Å². The second-order valence-corrected chi connectivity index (χ2v) is 4.46. The summed E-state index contributed by atoms with van der Waals surface area (Å²) in [6.45, 7) is 5.41. The monoisotopic (exact) mass is 199 g/mol. The van der Waals surface area contributed by atoms with E-state index in [2.05, 4.69) is 13.8 Å². The van der Waals surface area contributed by atoms with Crippen molar-refractivity contribution in [3.05, 3.63) is 0 Å². The number of rotatable bonds is 5. The van der Waals surface area contributed by atoms with E-state index in [1.54, 1.807) is 0 Å². The molecule has 1 aliphatic rings. The van der Waals surface area contributed by atoms with Gasteiger partial charge in [0.1, 0.15) is 0 Å². The second kappa shape index (κ2) is 6.41. The highest BCUT2D eigenvalue weighted by molar-refractivity contribution is 4.76. The Morgan fingerprint density at radius 1 is 1.29 bits per heavy atom. The van der Waals surface area contributed by atoms with E-state index in [9.17, 15) is 0 Å². The predicted octanol–water partition coefficient (Wildman–Crippen LogP) is 2.71. The summed E-state index contributed by atoms with van der Waals surface area (Å²) < 4.78 is 5.71. The topological polar surface area (TPSA) is 35.2 Å². The minimum Gasteiger partial charge on any atom is -0.378 e. The molecule has 0 amide bonds. The standard InChI is InChI=1S/C12H25NO/c1-3-10(4-2)12(13)9-11-7-5-6-8-14-11/h10-12H,3-9,13H2,1-2H3. The molecule has 84 valence electrons. The molecule has 2 heteroatoms. The summed E-state index contributed by atoms with van der Waals surface area (Å²) in [5.41, 5.74) is 6.19. The second-order valence-electron chi connectivity index (χ2n) is 4.46. The van der Waals surface area contributed by atoms with Crippen molar-refractivity contribution in [2.75, 3.05) is 6.61 Å². The van der Waals surface area contributed by atoms with Crippen molar-refractivity contribution < 1.29 is 4.74 Å². The van der Waals surface area contributed by atoms with Gasteiger partial charge >= 0.3 is 0 Å². The van der Waals surface area contributed by atoms with Crippen LogP contribution in [-0.4, -0.2) is 18.8 Å². The van der Waals surface area contributed by atoms with Gasteiger partial charge in [0.05, 0.1) is 6.10 Å². The summed E-state index contributed by atoms with van der Waals surface area (Å²) in [6, 6.07) is 0.341. The zero-order valence-electron chi connectivity index (χ0n) is 9.67. The fraction of sp³-hybridized carbons (Fsp3) is 1.00. The van der Waals surface area contributed by atoms with Crippen LogP contribution in [0.4, 0.5) is 0 Å². The third-order valence-corrected chi connectivity index (χ3v) is 3.46. The minimum atomic E-state index is 0.341. The first-order valence-electron chi connectivity index (χ1n) is 6.15. The van der Waals surface area contributed by atoms with Crippen LogP contribution in [0.1, 0.15) is 52.4 Å². The Balaban J connectivity index is 2.26. The van der Waals surface area contributed by atoms with E-state index in [-0.39, 0.29) is 0 Å². The number of ether oxygens (including phenoxy) is 1. The predicted molar refractivity (Wildman–Crippen MR) is 60.3 cm³/mol. The largest absolute Gasteiger partial charge is 0.378 e. The Labute approximate surface area is 88.2 Å². The normalized spacial score (nSPS) is 25.3. The van der Waals surface area contributed by atoms with Gasteiger partial charge in [-0.1, -0.05) is 26.7 Å². The highest BCUT2D eigenvalue weighted by atomic mass is 16.5. The highest BCUT2D eigenvalue weighted by Gasteiger charge is 2.21. The average Bonchev–Trinajstić information content (AvgIpc) is 2.21. The average molecular weight is 199 g/mol. The molecule has 0 spiro atoms. The molecule has 2 unspecified atom stereocenters. The van der Waals surface area contributed by atoms with E-state index in [4.69, 9.17) is 10.5 Å². The van der Waals surface area contributed by atoms with Crippen LogP contribution in [0, 0.1) is 5.92 Å². The molecule has 0 bridgehead atoms. The van der Waals surface area contributed by atoms with Crippen molar-refractivity contribution in [3.8, 4) is 0 Å². The summed E-state index contributed by atoms with van der Waals surface area (Å²) in [5, 5.41) is 0. The zero-order valence-corrected chi connectivity index (χ0v) is 9.67. The van der Waals surface area contributed by atoms with E-state index in [1.807, 2.05) is 0 Å². The Morgan fingerprint density at radius 2 is 2.00 bits per heavy atom. The lowest BCUT2D eigenvalue weighted by Crippen LogP contribution is -2.35. The lowest BCUT2D eigenvalue weighted by molar-refractivity contribution is 0.00377. The van der Waals surface area contributed by atoms with Crippen molar-refractivity contribution >= 4 is 0 Å². The number of nitrogens with two attached hydrogens (primary N) is 1. The van der Waals surface area contributed by atoms with Gasteiger partial charge in [0, 0.05) is 12.6 Å². The van der Waals surface area contributed by atoms with Crippen LogP contribution in [0.3, 0.4) is 0 Å². The van der Waals surface area contributed by atoms with Crippen molar-refractivity contribution in [2.24, 2.45) is 11.7 Å². The summed E-state index contributed by atoms with van der Waals surface area (Å²) in [6.07, 6.45) is 7.67. The molecule has 1 heterocycles. The molecule has 1 saturated heterocycles. The SMILES string of the molecule is CCC(CC)C(N)CC1CCCCO1. The van der Waals surface area contributed by atoms with Gasteiger partial charge in [0.25, 0.3) is 0 Å². The van der Waals surface area contributed by atoms with Gasteiger partial charge in [0.2, 0.25) is 0 Å². The molecule has 0 aromatic heterocycles. The van der Waals surface area contributed by atoms with Gasteiger partial charge in [-0.15, -0.1) is 0 Å². The molecular formula is C12H25NO. The molecule has 0 aliphatic carbocycles. The quantitative estimate of drug-likeness (QED) is 0.739. The van der Waals surface area contributed by atoms with Gasteiger partial charge in [0.15, 0.2) is 0 Å². The van der Waals surface area contributed by atoms with E-state index in [0.29, 0.717) is 18.1 Å². The lowest BCUT2D eigenvalue weighted by atomic mass is 9.89. The Bertz CT molecular complexity index is 139.